The van der Waals surface area contributed by atoms with Crippen molar-refractivity contribution in [3.05, 3.63) is 36.3 Å². The maximum absolute atomic E-state index is 4.58. The van der Waals surface area contributed by atoms with Crippen LogP contribution in [0.15, 0.2) is 35.4 Å². The van der Waals surface area contributed by atoms with Crippen LogP contribution in [0.3, 0.4) is 0 Å². The van der Waals surface area contributed by atoms with Crippen LogP contribution in [-0.2, 0) is 0 Å². The number of hydrogen-bond acceptors (Lipinski definition) is 5. The molecule has 3 aromatic rings. The van der Waals surface area contributed by atoms with Gasteiger partial charge in [0.25, 0.3) is 0 Å². The Balaban J connectivity index is 2.04. The Kier molecular flexibility index (Phi) is 5.38. The number of aryl methyl sites for hydroxylation is 1. The fraction of sp³-hybridized carbons (Fsp3) is 0.267. The minimum absolute atomic E-state index is 0.517. The van der Waals surface area contributed by atoms with E-state index in [-0.39, 0.29) is 0 Å². The minimum Gasteiger partial charge on any atom is -0.339 e. The zero-order valence-corrected chi connectivity index (χ0v) is 17.0. The van der Waals surface area contributed by atoms with Crippen LogP contribution in [0.2, 0.25) is 0 Å². The number of fused-ring (bicyclic) bond motifs is 1. The highest BCUT2D eigenvalue weighted by Crippen LogP contribution is 2.34. The predicted octanol–water partition coefficient (Wildman–Crippen LogP) is 5.17. The molecule has 0 aliphatic carbocycles. The SMILES string of the molecule is Cc1nc(Nc2ccccc2SC(C)C)c2cnn(PI)c2n1. The van der Waals surface area contributed by atoms with Gasteiger partial charge in [0, 0.05) is 10.1 Å². The summed E-state index contributed by atoms with van der Waals surface area (Å²) in [5, 5.41) is 9.35. The number of benzene rings is 1. The van der Waals surface area contributed by atoms with E-state index in [1.165, 1.54) is 4.90 Å². The highest BCUT2D eigenvalue weighted by molar-refractivity contribution is 14.2. The van der Waals surface area contributed by atoms with Crippen molar-refractivity contribution in [2.24, 2.45) is 0 Å². The summed E-state index contributed by atoms with van der Waals surface area (Å²) in [6.45, 7) is 6.30. The van der Waals surface area contributed by atoms with E-state index < -0.39 is 0 Å². The fourth-order valence-corrected chi connectivity index (χ4v) is 4.55. The standard InChI is InChI=1S/C15H17IN5PS/c1-9(2)23-13-7-5-4-6-12(13)20-14-11-8-17-21(22-16)15(11)19-10(3)18-14/h4-9,22H,1-3H3,(H,18,19,20). The molecule has 0 fully saturated rings. The van der Waals surface area contributed by atoms with E-state index in [1.807, 2.05) is 35.4 Å². The molecular weight excluding hydrogens is 440 g/mol. The number of hydrogen-bond donors (Lipinski definition) is 1. The van der Waals surface area contributed by atoms with Crippen LogP contribution in [0.5, 0.6) is 0 Å². The van der Waals surface area contributed by atoms with Crippen molar-refractivity contribution in [1.29, 1.82) is 0 Å². The third-order valence-corrected chi connectivity index (χ3v) is 6.06. The summed E-state index contributed by atoms with van der Waals surface area (Å²) in [6, 6.07) is 8.31. The van der Waals surface area contributed by atoms with Crippen LogP contribution in [0.25, 0.3) is 11.0 Å². The van der Waals surface area contributed by atoms with Crippen molar-refractivity contribution in [2.75, 3.05) is 5.32 Å². The number of thioether (sulfide) groups is 1. The summed E-state index contributed by atoms with van der Waals surface area (Å²) in [7, 11) is 0. The first-order valence-corrected chi connectivity index (χ1v) is 12.1. The maximum Gasteiger partial charge on any atom is 0.167 e. The highest BCUT2D eigenvalue weighted by atomic mass is 127. The third-order valence-electron chi connectivity index (χ3n) is 3.12. The van der Waals surface area contributed by atoms with E-state index in [0.717, 1.165) is 28.4 Å². The molecule has 0 spiro atoms. The van der Waals surface area contributed by atoms with Gasteiger partial charge in [0.1, 0.15) is 11.6 Å². The van der Waals surface area contributed by atoms with Gasteiger partial charge in [0.2, 0.25) is 0 Å². The average molecular weight is 457 g/mol. The summed E-state index contributed by atoms with van der Waals surface area (Å²) in [5.74, 6) is 1.55. The van der Waals surface area contributed by atoms with Crippen molar-refractivity contribution in [2.45, 2.75) is 30.9 Å². The number of aromatic nitrogens is 4. The molecule has 23 heavy (non-hydrogen) atoms. The monoisotopic (exact) mass is 457 g/mol. The first-order chi connectivity index (χ1) is 11.1. The van der Waals surface area contributed by atoms with Gasteiger partial charge in [-0.3, -0.25) is 0 Å². The number of rotatable bonds is 5. The van der Waals surface area contributed by atoms with E-state index in [9.17, 15) is 0 Å². The maximum atomic E-state index is 4.58. The molecule has 3 rings (SSSR count). The van der Waals surface area contributed by atoms with E-state index in [4.69, 9.17) is 0 Å². The first-order valence-electron chi connectivity index (χ1n) is 7.20. The molecule has 0 radical (unpaired) electrons. The van der Waals surface area contributed by atoms with Crippen molar-refractivity contribution < 1.29 is 0 Å². The van der Waals surface area contributed by atoms with E-state index >= 15 is 0 Å². The van der Waals surface area contributed by atoms with Gasteiger partial charge in [-0.2, -0.15) is 5.10 Å². The number of halogens is 1. The van der Waals surface area contributed by atoms with Crippen LogP contribution in [-0.4, -0.2) is 24.8 Å². The molecule has 0 saturated carbocycles. The molecule has 0 saturated heterocycles. The molecule has 0 aliphatic heterocycles. The van der Waals surface area contributed by atoms with Gasteiger partial charge in [-0.15, -0.1) is 11.8 Å². The zero-order chi connectivity index (χ0) is 16.4. The Morgan fingerprint density at radius 2 is 2.04 bits per heavy atom. The van der Waals surface area contributed by atoms with Crippen molar-refractivity contribution >= 4 is 62.7 Å². The van der Waals surface area contributed by atoms with Gasteiger partial charge in [0.05, 0.1) is 23.6 Å². The first kappa shape index (κ1) is 16.9. The largest absolute Gasteiger partial charge is 0.339 e. The number of anilines is 2. The quantitative estimate of drug-likeness (QED) is 0.326. The Labute approximate surface area is 154 Å². The molecule has 0 aliphatic rings. The van der Waals surface area contributed by atoms with Crippen molar-refractivity contribution in [3.63, 3.8) is 0 Å². The Morgan fingerprint density at radius 3 is 2.78 bits per heavy atom. The number of nitrogens with one attached hydrogen (secondary N) is 1. The molecule has 120 valence electrons. The van der Waals surface area contributed by atoms with E-state index in [2.05, 4.69) is 74.5 Å². The number of nitrogens with zero attached hydrogens (tertiary/aromatic N) is 4. The molecule has 2 aromatic heterocycles. The molecule has 1 aromatic carbocycles. The Bertz CT molecular complexity index is 836. The van der Waals surface area contributed by atoms with Gasteiger partial charge in [-0.25, -0.2) is 14.4 Å². The zero-order valence-electron chi connectivity index (χ0n) is 13.0. The lowest BCUT2D eigenvalue weighted by molar-refractivity contribution is 1.000. The molecule has 0 bridgehead atoms. The second-order valence-corrected chi connectivity index (χ2v) is 8.94. The molecular formula is C15H17IN5PS. The van der Waals surface area contributed by atoms with Crippen molar-refractivity contribution in [1.82, 2.24) is 19.5 Å². The molecule has 0 amide bonds. The van der Waals surface area contributed by atoms with E-state index in [1.54, 1.807) is 0 Å². The second kappa shape index (κ2) is 7.32. The van der Waals surface area contributed by atoms with Gasteiger partial charge < -0.3 is 5.32 Å². The molecule has 8 heteroatoms. The topological polar surface area (TPSA) is 55.6 Å². The predicted molar refractivity (Wildman–Crippen MR) is 109 cm³/mol. The minimum atomic E-state index is 0.517. The van der Waals surface area contributed by atoms with Crippen LogP contribution >= 0.6 is 40.2 Å². The lowest BCUT2D eigenvalue weighted by atomic mass is 10.3. The molecule has 1 unspecified atom stereocenters. The second-order valence-electron chi connectivity index (χ2n) is 5.29. The average Bonchev–Trinajstić information content (AvgIpc) is 2.91. The van der Waals surface area contributed by atoms with Crippen LogP contribution in [0, 0.1) is 6.92 Å². The summed E-state index contributed by atoms with van der Waals surface area (Å²) in [5.41, 5.74) is 1.94. The van der Waals surface area contributed by atoms with Gasteiger partial charge in [-0.1, -0.05) is 26.0 Å². The number of para-hydroxylation sites is 1. The molecule has 1 atom stereocenters. The molecule has 1 N–H and O–H groups in total. The van der Waals surface area contributed by atoms with Crippen LogP contribution < -0.4 is 5.32 Å². The van der Waals surface area contributed by atoms with Gasteiger partial charge in [0.15, 0.2) is 5.65 Å². The van der Waals surface area contributed by atoms with Crippen molar-refractivity contribution in [3.8, 4) is 0 Å². The lowest BCUT2D eigenvalue weighted by Gasteiger charge is -2.13. The summed E-state index contributed by atoms with van der Waals surface area (Å²) in [4.78, 5) is 10.3. The summed E-state index contributed by atoms with van der Waals surface area (Å²) in [6.07, 6.45) is 2.35. The molecule has 5 nitrogen and oxygen atoms in total. The smallest absolute Gasteiger partial charge is 0.167 e. The molecule has 2 heterocycles. The fourth-order valence-electron chi connectivity index (χ4n) is 2.23. The normalized spacial score (nSPS) is 11.9. The third kappa shape index (κ3) is 3.78. The van der Waals surface area contributed by atoms with Crippen LogP contribution in [0.1, 0.15) is 19.7 Å². The van der Waals surface area contributed by atoms with Crippen LogP contribution in [0.4, 0.5) is 11.5 Å². The summed E-state index contributed by atoms with van der Waals surface area (Å²) < 4.78 is 1.91. The highest BCUT2D eigenvalue weighted by Gasteiger charge is 2.13. The van der Waals surface area contributed by atoms with Gasteiger partial charge >= 0.3 is 0 Å². The summed E-state index contributed by atoms with van der Waals surface area (Å²) >= 11 is 4.14. The Hall–Kier alpha value is -0.920. The van der Waals surface area contributed by atoms with Gasteiger partial charge in [-0.05, 0) is 41.1 Å². The van der Waals surface area contributed by atoms with E-state index in [0.29, 0.717) is 11.6 Å². The Morgan fingerprint density at radius 1 is 1.26 bits per heavy atom. The lowest BCUT2D eigenvalue weighted by Crippen LogP contribution is -2.00.